The Bertz CT molecular complexity index is 756. The van der Waals surface area contributed by atoms with E-state index in [2.05, 4.69) is 4.98 Å². The van der Waals surface area contributed by atoms with Crippen LogP contribution in [0.25, 0.3) is 10.9 Å². The number of hydrogen-bond donors (Lipinski definition) is 0. The fourth-order valence-corrected chi connectivity index (χ4v) is 2.27. The van der Waals surface area contributed by atoms with Gasteiger partial charge in [0, 0.05) is 12.8 Å². The number of unbranched alkanes of at least 4 members (excludes halogenated alkanes) is 1. The average molecular weight is 317 g/mol. The lowest BCUT2D eigenvalue weighted by Crippen LogP contribution is -2.23. The Balaban J connectivity index is 1.93. The summed E-state index contributed by atoms with van der Waals surface area (Å²) < 4.78 is 10.5. The minimum absolute atomic E-state index is 0.207. The summed E-state index contributed by atoms with van der Waals surface area (Å²) in [6.07, 6.45) is 2.27. The molecule has 0 amide bonds. The number of rotatable bonds is 5. The Hall–Kier alpha value is -2.17. The van der Waals surface area contributed by atoms with Gasteiger partial charge in [-0.05, 0) is 58.2 Å². The van der Waals surface area contributed by atoms with Gasteiger partial charge in [-0.3, -0.25) is 4.79 Å². The Morgan fingerprint density at radius 3 is 2.70 bits per heavy atom. The lowest BCUT2D eigenvalue weighted by molar-refractivity contribution is -0.154. The molecule has 0 bridgehead atoms. The number of hydrogen-bond acceptors (Lipinski definition) is 5. The summed E-state index contributed by atoms with van der Waals surface area (Å²) in [6, 6.07) is 5.47. The molecule has 5 nitrogen and oxygen atoms in total. The van der Waals surface area contributed by atoms with Crippen molar-refractivity contribution in [2.75, 3.05) is 0 Å². The van der Waals surface area contributed by atoms with Gasteiger partial charge in [0.05, 0.1) is 10.9 Å². The highest BCUT2D eigenvalue weighted by molar-refractivity contribution is 5.77. The molecule has 0 saturated carbocycles. The maximum Gasteiger partial charge on any atom is 0.346 e. The van der Waals surface area contributed by atoms with E-state index in [1.807, 2.05) is 39.8 Å². The van der Waals surface area contributed by atoms with Gasteiger partial charge in [-0.2, -0.15) is 0 Å². The van der Waals surface area contributed by atoms with Gasteiger partial charge in [0.2, 0.25) is 0 Å². The quantitative estimate of drug-likeness (QED) is 0.623. The van der Waals surface area contributed by atoms with Crippen LogP contribution in [0, 0.1) is 6.92 Å². The van der Waals surface area contributed by atoms with Gasteiger partial charge in [-0.25, -0.2) is 9.78 Å². The van der Waals surface area contributed by atoms with E-state index < -0.39 is 5.60 Å². The Labute approximate surface area is 135 Å². The van der Waals surface area contributed by atoms with Crippen molar-refractivity contribution in [2.24, 2.45) is 0 Å². The largest absolute Gasteiger partial charge is 0.460 e. The van der Waals surface area contributed by atoms with Crippen LogP contribution in [0.1, 0.15) is 51.5 Å². The Morgan fingerprint density at radius 1 is 1.26 bits per heavy atom. The number of nitrogens with zero attached hydrogens (tertiary/aromatic N) is 1. The average Bonchev–Trinajstić information content (AvgIpc) is 2.41. The lowest BCUT2D eigenvalue weighted by Gasteiger charge is -2.19. The van der Waals surface area contributed by atoms with Crippen LogP contribution in [-0.4, -0.2) is 16.6 Å². The number of esters is 1. The van der Waals surface area contributed by atoms with Crippen LogP contribution in [0.3, 0.4) is 0 Å². The van der Waals surface area contributed by atoms with E-state index in [1.54, 1.807) is 6.07 Å². The molecule has 5 heteroatoms. The molecule has 0 unspecified atom stereocenters. The van der Waals surface area contributed by atoms with Crippen LogP contribution in [0.15, 0.2) is 27.4 Å². The van der Waals surface area contributed by atoms with Crippen LogP contribution in [-0.2, 0) is 16.0 Å². The first-order valence-electron chi connectivity index (χ1n) is 7.87. The van der Waals surface area contributed by atoms with E-state index in [1.165, 1.54) is 0 Å². The molecule has 0 atom stereocenters. The fourth-order valence-electron chi connectivity index (χ4n) is 2.27. The number of carbonyl (C=O) groups is 1. The maximum atomic E-state index is 11.9. The third-order valence-electron chi connectivity index (χ3n) is 3.27. The number of aryl methyl sites for hydroxylation is 2. The van der Waals surface area contributed by atoms with Gasteiger partial charge in [-0.15, -0.1) is 0 Å². The van der Waals surface area contributed by atoms with Crippen molar-refractivity contribution in [1.82, 2.24) is 4.98 Å². The summed E-state index contributed by atoms with van der Waals surface area (Å²) in [4.78, 5) is 27.9. The molecule has 2 rings (SSSR count). The van der Waals surface area contributed by atoms with Crippen LogP contribution in [0.4, 0.5) is 0 Å². The molecule has 0 radical (unpaired) electrons. The van der Waals surface area contributed by atoms with Crippen molar-refractivity contribution in [3.8, 4) is 0 Å². The molecule has 1 aromatic heterocycles. The summed E-state index contributed by atoms with van der Waals surface area (Å²) in [5.74, 6) is 0.207. The smallest absolute Gasteiger partial charge is 0.346 e. The minimum Gasteiger partial charge on any atom is -0.460 e. The summed E-state index contributed by atoms with van der Waals surface area (Å²) >= 11 is 0. The van der Waals surface area contributed by atoms with Crippen molar-refractivity contribution in [1.29, 1.82) is 0 Å². The summed E-state index contributed by atoms with van der Waals surface area (Å²) in [7, 11) is 0. The summed E-state index contributed by atoms with van der Waals surface area (Å²) in [5, 5.41) is 0.494. The second kappa shape index (κ2) is 6.94. The summed E-state index contributed by atoms with van der Waals surface area (Å²) in [5.41, 5.74) is 0.883. The first-order chi connectivity index (χ1) is 10.7. The SMILES string of the molecule is Cc1ccc2c(=O)oc(CCCCC(=O)OC(C)(C)C)nc2c1. The zero-order chi connectivity index (χ0) is 17.0. The standard InChI is InChI=1S/C18H23NO4/c1-12-9-10-13-14(11-12)19-15(22-17(13)21)7-5-6-8-16(20)23-18(2,3)4/h9-11H,5-8H2,1-4H3. The van der Waals surface area contributed by atoms with Crippen LogP contribution < -0.4 is 5.63 Å². The van der Waals surface area contributed by atoms with E-state index in [4.69, 9.17) is 9.15 Å². The molecule has 0 saturated heterocycles. The molecule has 23 heavy (non-hydrogen) atoms. The molecule has 124 valence electrons. The van der Waals surface area contributed by atoms with Gasteiger partial charge >= 0.3 is 11.6 Å². The van der Waals surface area contributed by atoms with E-state index in [-0.39, 0.29) is 11.6 Å². The topological polar surface area (TPSA) is 69.4 Å². The molecular formula is C18H23NO4. The van der Waals surface area contributed by atoms with Crippen molar-refractivity contribution < 1.29 is 13.9 Å². The normalized spacial score (nSPS) is 11.7. The second-order valence-electron chi connectivity index (χ2n) is 6.71. The number of fused-ring (bicyclic) bond motifs is 1. The summed E-state index contributed by atoms with van der Waals surface area (Å²) in [6.45, 7) is 7.50. The zero-order valence-electron chi connectivity index (χ0n) is 14.1. The number of benzene rings is 1. The molecule has 1 heterocycles. The first-order valence-corrected chi connectivity index (χ1v) is 7.87. The molecular weight excluding hydrogens is 294 g/mol. The van der Waals surface area contributed by atoms with Gasteiger partial charge in [0.1, 0.15) is 5.60 Å². The Kier molecular flexibility index (Phi) is 5.19. The fraction of sp³-hybridized carbons (Fsp3) is 0.500. The van der Waals surface area contributed by atoms with E-state index in [0.29, 0.717) is 42.5 Å². The maximum absolute atomic E-state index is 11.9. The molecule has 0 aliphatic carbocycles. The first kappa shape index (κ1) is 17.2. The van der Waals surface area contributed by atoms with E-state index in [0.717, 1.165) is 5.56 Å². The minimum atomic E-state index is -0.457. The van der Waals surface area contributed by atoms with Crippen LogP contribution in [0.5, 0.6) is 0 Å². The van der Waals surface area contributed by atoms with Gasteiger partial charge in [0.15, 0.2) is 5.89 Å². The number of ether oxygens (including phenoxy) is 1. The molecule has 0 N–H and O–H groups in total. The predicted molar refractivity (Wildman–Crippen MR) is 88.4 cm³/mol. The van der Waals surface area contributed by atoms with Crippen molar-refractivity contribution in [3.05, 3.63) is 40.1 Å². The van der Waals surface area contributed by atoms with Crippen molar-refractivity contribution in [2.45, 2.75) is 59.0 Å². The van der Waals surface area contributed by atoms with Gasteiger partial charge < -0.3 is 9.15 Å². The highest BCUT2D eigenvalue weighted by Gasteiger charge is 2.15. The molecule has 0 fully saturated rings. The molecule has 0 spiro atoms. The lowest BCUT2D eigenvalue weighted by atomic mass is 10.1. The Morgan fingerprint density at radius 2 is 2.00 bits per heavy atom. The highest BCUT2D eigenvalue weighted by atomic mass is 16.6. The molecule has 0 aliphatic heterocycles. The van der Waals surface area contributed by atoms with E-state index >= 15 is 0 Å². The third-order valence-corrected chi connectivity index (χ3v) is 3.27. The van der Waals surface area contributed by atoms with Gasteiger partial charge in [0.25, 0.3) is 0 Å². The monoisotopic (exact) mass is 317 g/mol. The molecule has 0 aliphatic rings. The molecule has 1 aromatic carbocycles. The van der Waals surface area contributed by atoms with Gasteiger partial charge in [-0.1, -0.05) is 6.07 Å². The second-order valence-corrected chi connectivity index (χ2v) is 6.71. The van der Waals surface area contributed by atoms with Crippen LogP contribution in [0.2, 0.25) is 0 Å². The number of aromatic nitrogens is 1. The zero-order valence-corrected chi connectivity index (χ0v) is 14.1. The molecule has 2 aromatic rings. The van der Waals surface area contributed by atoms with Crippen molar-refractivity contribution >= 4 is 16.9 Å². The number of carbonyl (C=O) groups excluding carboxylic acids is 1. The van der Waals surface area contributed by atoms with Crippen LogP contribution >= 0.6 is 0 Å². The van der Waals surface area contributed by atoms with E-state index in [9.17, 15) is 9.59 Å². The predicted octanol–water partition coefficient (Wildman–Crippen LogP) is 3.55. The third kappa shape index (κ3) is 5.20. The van der Waals surface area contributed by atoms with Crippen molar-refractivity contribution in [3.63, 3.8) is 0 Å². The highest BCUT2D eigenvalue weighted by Crippen LogP contribution is 2.13.